The van der Waals surface area contributed by atoms with Gasteiger partial charge in [-0.25, -0.2) is 9.37 Å². The summed E-state index contributed by atoms with van der Waals surface area (Å²) in [6.07, 6.45) is 1.44. The van der Waals surface area contributed by atoms with Gasteiger partial charge in [0.25, 0.3) is 0 Å². The van der Waals surface area contributed by atoms with Crippen LogP contribution in [-0.2, 0) is 0 Å². The van der Waals surface area contributed by atoms with Crippen LogP contribution in [0.5, 0.6) is 11.6 Å². The quantitative estimate of drug-likeness (QED) is 0.932. The Bertz CT molecular complexity index is 656. The van der Waals surface area contributed by atoms with Crippen molar-refractivity contribution in [2.24, 2.45) is 0 Å². The smallest absolute Gasteiger partial charge is 0.248 e. The number of hydrogen-bond acceptors (Lipinski definition) is 6. The molecule has 1 aromatic carbocycles. The lowest BCUT2D eigenvalue weighted by molar-refractivity contribution is 0.270. The summed E-state index contributed by atoms with van der Waals surface area (Å²) in [5.41, 5.74) is 6.58. The van der Waals surface area contributed by atoms with Crippen molar-refractivity contribution in [2.75, 3.05) is 43.4 Å². The van der Waals surface area contributed by atoms with Crippen LogP contribution in [0.4, 0.5) is 15.9 Å². The second-order valence-electron chi connectivity index (χ2n) is 5.39. The lowest BCUT2D eigenvalue weighted by Gasteiger charge is -2.35. The Kier molecular flexibility index (Phi) is 4.57. The van der Waals surface area contributed by atoms with E-state index in [-0.39, 0.29) is 5.82 Å². The van der Waals surface area contributed by atoms with Crippen molar-refractivity contribution in [3.05, 3.63) is 36.4 Å². The first-order valence-electron chi connectivity index (χ1n) is 7.68. The number of piperazine rings is 1. The molecular weight excluding hydrogens is 297 g/mol. The molecule has 0 atom stereocenters. The van der Waals surface area contributed by atoms with E-state index in [1.54, 1.807) is 0 Å². The molecule has 0 unspecified atom stereocenters. The second kappa shape index (κ2) is 6.78. The Hall–Kier alpha value is -2.41. The molecule has 0 saturated carbocycles. The second-order valence-corrected chi connectivity index (χ2v) is 5.39. The molecule has 7 heteroatoms. The van der Waals surface area contributed by atoms with E-state index < -0.39 is 0 Å². The van der Waals surface area contributed by atoms with Gasteiger partial charge < -0.3 is 20.3 Å². The van der Waals surface area contributed by atoms with Crippen molar-refractivity contribution in [2.45, 2.75) is 6.92 Å². The molecule has 23 heavy (non-hydrogen) atoms. The molecule has 1 saturated heterocycles. The van der Waals surface area contributed by atoms with Crippen molar-refractivity contribution in [1.29, 1.82) is 0 Å². The average molecular weight is 317 g/mol. The molecule has 1 fully saturated rings. The van der Waals surface area contributed by atoms with Crippen LogP contribution >= 0.6 is 0 Å². The minimum atomic E-state index is -0.317. The Balaban J connectivity index is 1.77. The van der Waals surface area contributed by atoms with Crippen molar-refractivity contribution < 1.29 is 9.13 Å². The molecule has 2 aromatic rings. The number of benzene rings is 1. The number of rotatable bonds is 4. The van der Waals surface area contributed by atoms with Crippen LogP contribution in [0.25, 0.3) is 0 Å². The third-order valence-corrected chi connectivity index (χ3v) is 3.97. The maximum atomic E-state index is 13.0. The number of anilines is 2. The van der Waals surface area contributed by atoms with Crippen molar-refractivity contribution in [3.63, 3.8) is 0 Å². The summed E-state index contributed by atoms with van der Waals surface area (Å²) in [4.78, 5) is 12.9. The third-order valence-electron chi connectivity index (χ3n) is 3.97. The zero-order valence-corrected chi connectivity index (χ0v) is 13.1. The number of halogens is 1. The Morgan fingerprint density at radius 1 is 1.13 bits per heavy atom. The number of nitrogens with zero attached hydrogens (tertiary/aromatic N) is 4. The van der Waals surface area contributed by atoms with Gasteiger partial charge in [-0.15, -0.1) is 0 Å². The highest BCUT2D eigenvalue weighted by Gasteiger charge is 2.21. The lowest BCUT2D eigenvalue weighted by Crippen LogP contribution is -2.46. The highest BCUT2D eigenvalue weighted by Crippen LogP contribution is 2.31. The number of nitrogens with two attached hydrogens (primary N) is 1. The molecule has 0 spiro atoms. The van der Waals surface area contributed by atoms with Crippen LogP contribution in [0.3, 0.4) is 0 Å². The first kappa shape index (κ1) is 15.5. The molecular formula is C16H20FN5O. The molecule has 2 N–H and O–H groups in total. The van der Waals surface area contributed by atoms with Gasteiger partial charge in [0.15, 0.2) is 5.82 Å². The first-order chi connectivity index (χ1) is 11.2. The highest BCUT2D eigenvalue weighted by atomic mass is 19.1. The highest BCUT2D eigenvalue weighted by molar-refractivity contribution is 5.68. The van der Waals surface area contributed by atoms with Gasteiger partial charge in [0.2, 0.25) is 5.88 Å². The fraction of sp³-hybridized carbons (Fsp3) is 0.375. The number of hydrogen-bond donors (Lipinski definition) is 1. The number of aromatic nitrogens is 2. The fourth-order valence-electron chi connectivity index (χ4n) is 2.59. The molecule has 0 aliphatic carbocycles. The normalized spacial score (nSPS) is 15.7. The van der Waals surface area contributed by atoms with E-state index in [9.17, 15) is 4.39 Å². The lowest BCUT2D eigenvalue weighted by atomic mass is 10.3. The van der Waals surface area contributed by atoms with Gasteiger partial charge in [-0.1, -0.05) is 6.92 Å². The maximum absolute atomic E-state index is 13.0. The molecule has 0 bridgehead atoms. The van der Waals surface area contributed by atoms with Crippen LogP contribution in [-0.4, -0.2) is 47.6 Å². The van der Waals surface area contributed by atoms with Gasteiger partial charge in [0.05, 0.1) is 0 Å². The number of likely N-dealkylation sites (N-methyl/N-ethyl adjacent to an activating group) is 1. The van der Waals surface area contributed by atoms with E-state index in [1.165, 1.54) is 30.6 Å². The van der Waals surface area contributed by atoms with Crippen LogP contribution in [0.15, 0.2) is 30.6 Å². The summed E-state index contributed by atoms with van der Waals surface area (Å²) in [6, 6.07) is 5.74. The predicted molar refractivity (Wildman–Crippen MR) is 87.2 cm³/mol. The van der Waals surface area contributed by atoms with Crippen LogP contribution in [0, 0.1) is 5.82 Å². The molecule has 6 nitrogen and oxygen atoms in total. The largest absolute Gasteiger partial charge is 0.437 e. The zero-order valence-electron chi connectivity index (χ0n) is 13.1. The van der Waals surface area contributed by atoms with Crippen molar-refractivity contribution >= 4 is 11.5 Å². The molecule has 1 aromatic heterocycles. The minimum Gasteiger partial charge on any atom is -0.437 e. The molecule has 0 amide bonds. The summed E-state index contributed by atoms with van der Waals surface area (Å²) in [5, 5.41) is 0. The summed E-state index contributed by atoms with van der Waals surface area (Å²) in [6.45, 7) is 6.90. The van der Waals surface area contributed by atoms with Crippen molar-refractivity contribution in [3.8, 4) is 11.6 Å². The zero-order chi connectivity index (χ0) is 16.2. The van der Waals surface area contributed by atoms with E-state index in [0.717, 1.165) is 32.7 Å². The molecule has 3 rings (SSSR count). The Morgan fingerprint density at radius 3 is 2.48 bits per heavy atom. The SMILES string of the molecule is CCN1CCN(c2ncnc(Oc3ccc(F)cc3)c2N)CC1. The third kappa shape index (κ3) is 3.50. The summed E-state index contributed by atoms with van der Waals surface area (Å²) < 4.78 is 18.6. The van der Waals surface area contributed by atoms with Crippen molar-refractivity contribution in [1.82, 2.24) is 14.9 Å². The standard InChI is InChI=1S/C16H20FN5O/c1-2-21-7-9-22(10-8-21)15-14(18)16(20-11-19-15)23-13-5-3-12(17)4-6-13/h3-6,11H,2,7-10,18H2,1H3. The molecule has 1 aliphatic heterocycles. The van der Waals surface area contributed by atoms with E-state index in [0.29, 0.717) is 23.1 Å². The van der Waals surface area contributed by atoms with E-state index in [1.807, 2.05) is 0 Å². The first-order valence-corrected chi connectivity index (χ1v) is 7.68. The fourth-order valence-corrected chi connectivity index (χ4v) is 2.59. The monoisotopic (exact) mass is 317 g/mol. The van der Waals surface area contributed by atoms with Gasteiger partial charge in [0, 0.05) is 26.2 Å². The summed E-state index contributed by atoms with van der Waals surface area (Å²) in [5.74, 6) is 1.15. The Morgan fingerprint density at radius 2 is 1.83 bits per heavy atom. The van der Waals surface area contributed by atoms with Gasteiger partial charge in [0.1, 0.15) is 23.6 Å². The maximum Gasteiger partial charge on any atom is 0.248 e. The average Bonchev–Trinajstić information content (AvgIpc) is 2.59. The summed E-state index contributed by atoms with van der Waals surface area (Å²) in [7, 11) is 0. The van der Waals surface area contributed by atoms with Crippen LogP contribution in [0.2, 0.25) is 0 Å². The summed E-state index contributed by atoms with van der Waals surface area (Å²) >= 11 is 0. The van der Waals surface area contributed by atoms with E-state index >= 15 is 0 Å². The number of nitrogen functional groups attached to an aromatic ring is 1. The Labute approximate surface area is 134 Å². The topological polar surface area (TPSA) is 67.5 Å². The molecule has 1 aliphatic rings. The van der Waals surface area contributed by atoms with Gasteiger partial charge in [-0.2, -0.15) is 4.98 Å². The molecule has 122 valence electrons. The van der Waals surface area contributed by atoms with Crippen LogP contribution in [0.1, 0.15) is 6.92 Å². The van der Waals surface area contributed by atoms with Gasteiger partial charge >= 0.3 is 0 Å². The minimum absolute atomic E-state index is 0.291. The van der Waals surface area contributed by atoms with Crippen LogP contribution < -0.4 is 15.4 Å². The van der Waals surface area contributed by atoms with E-state index in [2.05, 4.69) is 26.7 Å². The van der Waals surface area contributed by atoms with E-state index in [4.69, 9.17) is 10.5 Å². The van der Waals surface area contributed by atoms with Gasteiger partial charge in [-0.05, 0) is 30.8 Å². The predicted octanol–water partition coefficient (Wildman–Crippen LogP) is 2.13. The molecule has 2 heterocycles. The molecule has 0 radical (unpaired) electrons. The number of ether oxygens (including phenoxy) is 1. The van der Waals surface area contributed by atoms with Gasteiger partial charge in [-0.3, -0.25) is 0 Å².